The molecule has 0 saturated carbocycles. The van der Waals surface area contributed by atoms with Gasteiger partial charge in [0, 0.05) is 10.9 Å². The number of para-hydroxylation sites is 2. The number of benzene rings is 3. The highest BCUT2D eigenvalue weighted by molar-refractivity contribution is 9.08. The minimum absolute atomic E-state index is 0.696. The van der Waals surface area contributed by atoms with Crippen LogP contribution in [0.4, 0.5) is 0 Å². The van der Waals surface area contributed by atoms with Gasteiger partial charge in [-0.15, -0.1) is 0 Å². The molecule has 0 N–H and O–H groups in total. The first-order chi connectivity index (χ1) is 10.8. The standard InChI is InChI=1S/C19H15BrO2/c20-14-15-13-18(21-16-7-3-1-4-8-16)11-12-19(15)22-17-9-5-2-6-10-17/h1-13H,14H2. The maximum Gasteiger partial charge on any atom is 0.131 e. The minimum Gasteiger partial charge on any atom is -0.457 e. The van der Waals surface area contributed by atoms with Gasteiger partial charge in [0.15, 0.2) is 0 Å². The summed E-state index contributed by atoms with van der Waals surface area (Å²) in [6, 6.07) is 25.3. The van der Waals surface area contributed by atoms with Crippen LogP contribution in [0.25, 0.3) is 0 Å². The molecule has 2 nitrogen and oxygen atoms in total. The smallest absolute Gasteiger partial charge is 0.131 e. The monoisotopic (exact) mass is 354 g/mol. The molecule has 3 aromatic rings. The summed E-state index contributed by atoms with van der Waals surface area (Å²) < 4.78 is 11.8. The third-order valence-corrected chi connectivity index (χ3v) is 3.73. The highest BCUT2D eigenvalue weighted by atomic mass is 79.9. The van der Waals surface area contributed by atoms with Crippen LogP contribution < -0.4 is 9.47 Å². The van der Waals surface area contributed by atoms with Crippen molar-refractivity contribution in [2.75, 3.05) is 0 Å². The lowest BCUT2D eigenvalue weighted by atomic mass is 10.2. The molecule has 0 aromatic heterocycles. The van der Waals surface area contributed by atoms with Gasteiger partial charge in [0.2, 0.25) is 0 Å². The molecule has 3 heteroatoms. The fraction of sp³-hybridized carbons (Fsp3) is 0.0526. The first-order valence-corrected chi connectivity index (χ1v) is 8.12. The molecule has 0 aliphatic carbocycles. The molecule has 3 aromatic carbocycles. The van der Waals surface area contributed by atoms with Crippen LogP contribution >= 0.6 is 15.9 Å². The van der Waals surface area contributed by atoms with Gasteiger partial charge < -0.3 is 9.47 Å². The van der Waals surface area contributed by atoms with Gasteiger partial charge in [0.05, 0.1) is 0 Å². The zero-order valence-electron chi connectivity index (χ0n) is 11.9. The van der Waals surface area contributed by atoms with Crippen LogP contribution in [0.3, 0.4) is 0 Å². The predicted octanol–water partition coefficient (Wildman–Crippen LogP) is 6.17. The molecule has 0 heterocycles. The Bertz CT molecular complexity index is 727. The average Bonchev–Trinajstić information content (AvgIpc) is 2.58. The fourth-order valence-corrected chi connectivity index (χ4v) is 2.50. The van der Waals surface area contributed by atoms with Crippen LogP contribution in [-0.2, 0) is 5.33 Å². The summed E-state index contributed by atoms with van der Waals surface area (Å²) in [6.07, 6.45) is 0. The molecule has 0 unspecified atom stereocenters. The number of halogens is 1. The summed E-state index contributed by atoms with van der Waals surface area (Å²) in [5, 5.41) is 0.696. The van der Waals surface area contributed by atoms with Gasteiger partial charge in [-0.3, -0.25) is 0 Å². The predicted molar refractivity (Wildman–Crippen MR) is 92.1 cm³/mol. The summed E-state index contributed by atoms with van der Waals surface area (Å²) >= 11 is 3.51. The molecule has 0 amide bonds. The lowest BCUT2D eigenvalue weighted by molar-refractivity contribution is 0.466. The van der Waals surface area contributed by atoms with Gasteiger partial charge >= 0.3 is 0 Å². The Hall–Kier alpha value is -2.26. The van der Waals surface area contributed by atoms with E-state index in [0.29, 0.717) is 5.33 Å². The van der Waals surface area contributed by atoms with E-state index in [1.807, 2.05) is 78.9 Å². The van der Waals surface area contributed by atoms with Crippen LogP contribution in [-0.4, -0.2) is 0 Å². The van der Waals surface area contributed by atoms with Crippen LogP contribution in [0.2, 0.25) is 0 Å². The van der Waals surface area contributed by atoms with Crippen molar-refractivity contribution in [3.05, 3.63) is 84.4 Å². The maximum absolute atomic E-state index is 5.92. The largest absolute Gasteiger partial charge is 0.457 e. The molecule has 3 rings (SSSR count). The highest BCUT2D eigenvalue weighted by Crippen LogP contribution is 2.32. The van der Waals surface area contributed by atoms with Gasteiger partial charge in [-0.1, -0.05) is 52.3 Å². The van der Waals surface area contributed by atoms with E-state index in [0.717, 1.165) is 28.6 Å². The molecule has 0 aliphatic heterocycles. The second-order valence-corrected chi connectivity index (χ2v) is 5.29. The molecule has 0 radical (unpaired) electrons. The SMILES string of the molecule is BrCc1cc(Oc2ccccc2)ccc1Oc1ccccc1. The van der Waals surface area contributed by atoms with Crippen LogP contribution in [0.5, 0.6) is 23.0 Å². The topological polar surface area (TPSA) is 18.5 Å². The molecule has 0 atom stereocenters. The lowest BCUT2D eigenvalue weighted by Crippen LogP contribution is -1.91. The van der Waals surface area contributed by atoms with Crippen LogP contribution in [0.1, 0.15) is 5.56 Å². The number of hydrogen-bond donors (Lipinski definition) is 0. The Morgan fingerprint density at radius 3 is 1.82 bits per heavy atom. The summed E-state index contributed by atoms with van der Waals surface area (Å²) in [4.78, 5) is 0. The Labute approximate surface area is 138 Å². The van der Waals surface area contributed by atoms with Crippen molar-refractivity contribution in [2.24, 2.45) is 0 Å². The summed E-state index contributed by atoms with van der Waals surface area (Å²) in [6.45, 7) is 0. The van der Waals surface area contributed by atoms with Gasteiger partial charge in [-0.2, -0.15) is 0 Å². The van der Waals surface area contributed by atoms with Crippen molar-refractivity contribution >= 4 is 15.9 Å². The van der Waals surface area contributed by atoms with Gasteiger partial charge in [-0.05, 0) is 42.5 Å². The Balaban J connectivity index is 1.81. The summed E-state index contributed by atoms with van der Waals surface area (Å²) in [5.41, 5.74) is 1.04. The van der Waals surface area contributed by atoms with Crippen molar-refractivity contribution in [3.8, 4) is 23.0 Å². The van der Waals surface area contributed by atoms with Crippen LogP contribution in [0.15, 0.2) is 78.9 Å². The fourth-order valence-electron chi connectivity index (χ4n) is 2.06. The molecule has 22 heavy (non-hydrogen) atoms. The number of rotatable bonds is 5. The van der Waals surface area contributed by atoms with Crippen LogP contribution in [0, 0.1) is 0 Å². The second kappa shape index (κ2) is 7.14. The van der Waals surface area contributed by atoms with Crippen molar-refractivity contribution in [2.45, 2.75) is 5.33 Å². The molecule has 0 saturated heterocycles. The number of alkyl halides is 1. The molecule has 0 fully saturated rings. The number of ether oxygens (including phenoxy) is 2. The lowest BCUT2D eigenvalue weighted by Gasteiger charge is -2.12. The van der Waals surface area contributed by atoms with Crippen molar-refractivity contribution < 1.29 is 9.47 Å². The third kappa shape index (κ3) is 3.68. The first kappa shape index (κ1) is 14.7. The zero-order chi connectivity index (χ0) is 15.2. The van der Waals surface area contributed by atoms with Gasteiger partial charge in [0.1, 0.15) is 23.0 Å². The summed E-state index contributed by atoms with van der Waals surface area (Å²) in [7, 11) is 0. The quantitative estimate of drug-likeness (QED) is 0.510. The normalized spacial score (nSPS) is 10.2. The van der Waals surface area contributed by atoms with E-state index < -0.39 is 0 Å². The molecule has 0 bridgehead atoms. The third-order valence-electron chi connectivity index (χ3n) is 3.13. The number of hydrogen-bond acceptors (Lipinski definition) is 2. The van der Waals surface area contributed by atoms with E-state index in [-0.39, 0.29) is 0 Å². The van der Waals surface area contributed by atoms with Crippen molar-refractivity contribution in [1.82, 2.24) is 0 Å². The second-order valence-electron chi connectivity index (χ2n) is 4.73. The molecule has 0 spiro atoms. The Morgan fingerprint density at radius 2 is 1.23 bits per heavy atom. The van der Waals surface area contributed by atoms with E-state index in [4.69, 9.17) is 9.47 Å². The van der Waals surface area contributed by atoms with E-state index >= 15 is 0 Å². The van der Waals surface area contributed by atoms with E-state index in [9.17, 15) is 0 Å². The molecule has 0 aliphatic rings. The summed E-state index contributed by atoms with van der Waals surface area (Å²) in [5.74, 6) is 3.26. The zero-order valence-corrected chi connectivity index (χ0v) is 13.5. The Kier molecular flexibility index (Phi) is 4.76. The maximum atomic E-state index is 5.92. The van der Waals surface area contributed by atoms with Gasteiger partial charge in [0.25, 0.3) is 0 Å². The first-order valence-electron chi connectivity index (χ1n) is 7.00. The minimum atomic E-state index is 0.696. The molecule has 110 valence electrons. The highest BCUT2D eigenvalue weighted by Gasteiger charge is 2.07. The van der Waals surface area contributed by atoms with Gasteiger partial charge in [-0.25, -0.2) is 0 Å². The van der Waals surface area contributed by atoms with E-state index in [1.165, 1.54) is 0 Å². The average molecular weight is 355 g/mol. The Morgan fingerprint density at radius 1 is 0.636 bits per heavy atom. The molecular formula is C19H15BrO2. The van der Waals surface area contributed by atoms with E-state index in [1.54, 1.807) is 0 Å². The van der Waals surface area contributed by atoms with Crippen molar-refractivity contribution in [3.63, 3.8) is 0 Å². The van der Waals surface area contributed by atoms with Crippen molar-refractivity contribution in [1.29, 1.82) is 0 Å². The molecular weight excluding hydrogens is 340 g/mol. The van der Waals surface area contributed by atoms with E-state index in [2.05, 4.69) is 15.9 Å².